The smallest absolute Gasteiger partial charge is 0.317 e. The summed E-state index contributed by atoms with van der Waals surface area (Å²) < 4.78 is 26.5. The van der Waals surface area contributed by atoms with Gasteiger partial charge in [0.25, 0.3) is 0 Å². The molecule has 2 aromatic carbocycles. The predicted molar refractivity (Wildman–Crippen MR) is 81.5 cm³/mol. The lowest BCUT2D eigenvalue weighted by atomic mass is 10.2. The van der Waals surface area contributed by atoms with Gasteiger partial charge in [-0.2, -0.15) is 0 Å². The molecule has 0 aliphatic rings. The summed E-state index contributed by atoms with van der Waals surface area (Å²) in [6.07, 6.45) is 0. The Bertz CT molecular complexity index is 641. The van der Waals surface area contributed by atoms with Gasteiger partial charge < -0.3 is 10.2 Å². The SMILES string of the molecule is CN(Cc1c(F)cccc1Cl)C(=O)NCc1ccc(F)cc1. The third-order valence-electron chi connectivity index (χ3n) is 3.16. The standard InChI is InChI=1S/C16H15ClF2N2O/c1-21(10-13-14(17)3-2-4-15(13)19)16(22)20-9-11-5-7-12(18)8-6-11/h2-8H,9-10H2,1H3,(H,20,22). The Balaban J connectivity index is 1.93. The van der Waals surface area contributed by atoms with Gasteiger partial charge in [0, 0.05) is 24.2 Å². The molecule has 1 N–H and O–H groups in total. The normalized spacial score (nSPS) is 10.4. The molecule has 0 atom stereocenters. The molecule has 6 heteroatoms. The van der Waals surface area contributed by atoms with E-state index >= 15 is 0 Å². The fourth-order valence-corrected chi connectivity index (χ4v) is 2.13. The highest BCUT2D eigenvalue weighted by Gasteiger charge is 2.13. The van der Waals surface area contributed by atoms with Gasteiger partial charge in [-0.3, -0.25) is 0 Å². The molecule has 0 aliphatic heterocycles. The van der Waals surface area contributed by atoms with E-state index in [1.165, 1.54) is 29.2 Å². The zero-order valence-corrected chi connectivity index (χ0v) is 12.7. The number of urea groups is 1. The number of rotatable bonds is 4. The fourth-order valence-electron chi connectivity index (χ4n) is 1.91. The molecule has 0 unspecified atom stereocenters. The van der Waals surface area contributed by atoms with Crippen LogP contribution in [0.1, 0.15) is 11.1 Å². The number of carbonyl (C=O) groups excluding carboxylic acids is 1. The summed E-state index contributed by atoms with van der Waals surface area (Å²) in [5.41, 5.74) is 1.04. The second kappa shape index (κ2) is 7.22. The first kappa shape index (κ1) is 16.2. The Morgan fingerprint density at radius 2 is 1.86 bits per heavy atom. The van der Waals surface area contributed by atoms with Crippen molar-refractivity contribution in [1.82, 2.24) is 10.2 Å². The van der Waals surface area contributed by atoms with E-state index in [-0.39, 0.29) is 35.5 Å². The lowest BCUT2D eigenvalue weighted by Gasteiger charge is -2.19. The lowest BCUT2D eigenvalue weighted by molar-refractivity contribution is 0.206. The molecule has 2 aromatic rings. The van der Waals surface area contributed by atoms with Gasteiger partial charge in [0.15, 0.2) is 0 Å². The lowest BCUT2D eigenvalue weighted by Crippen LogP contribution is -2.36. The largest absolute Gasteiger partial charge is 0.334 e. The maximum absolute atomic E-state index is 13.7. The summed E-state index contributed by atoms with van der Waals surface area (Å²) in [5.74, 6) is -0.785. The van der Waals surface area contributed by atoms with Gasteiger partial charge in [-0.1, -0.05) is 29.8 Å². The highest BCUT2D eigenvalue weighted by Crippen LogP contribution is 2.20. The van der Waals surface area contributed by atoms with E-state index in [1.54, 1.807) is 25.2 Å². The van der Waals surface area contributed by atoms with Gasteiger partial charge in [0.05, 0.1) is 6.54 Å². The number of nitrogens with one attached hydrogen (secondary N) is 1. The number of carbonyl (C=O) groups is 1. The summed E-state index contributed by atoms with van der Waals surface area (Å²) in [6, 6.07) is 9.83. The van der Waals surface area contributed by atoms with E-state index in [0.29, 0.717) is 0 Å². The molecule has 0 aliphatic carbocycles. The van der Waals surface area contributed by atoms with Crippen LogP contribution in [-0.2, 0) is 13.1 Å². The van der Waals surface area contributed by atoms with Crippen LogP contribution in [0.15, 0.2) is 42.5 Å². The van der Waals surface area contributed by atoms with Gasteiger partial charge in [-0.05, 0) is 29.8 Å². The molecule has 0 radical (unpaired) electrons. The molecule has 0 aromatic heterocycles. The van der Waals surface area contributed by atoms with Crippen molar-refractivity contribution >= 4 is 17.6 Å². The van der Waals surface area contributed by atoms with Crippen LogP contribution >= 0.6 is 11.6 Å². The van der Waals surface area contributed by atoms with E-state index in [4.69, 9.17) is 11.6 Å². The number of amides is 2. The number of halogens is 3. The number of hydrogen-bond donors (Lipinski definition) is 1. The Hall–Kier alpha value is -2.14. The summed E-state index contributed by atoms with van der Waals surface area (Å²) in [7, 11) is 1.54. The van der Waals surface area contributed by atoms with Crippen molar-refractivity contribution in [3.8, 4) is 0 Å². The zero-order valence-electron chi connectivity index (χ0n) is 11.9. The Kier molecular flexibility index (Phi) is 5.33. The second-order valence-corrected chi connectivity index (χ2v) is 5.25. The van der Waals surface area contributed by atoms with Crippen molar-refractivity contribution in [1.29, 1.82) is 0 Å². The Morgan fingerprint density at radius 3 is 2.50 bits per heavy atom. The van der Waals surface area contributed by atoms with Crippen molar-refractivity contribution in [3.63, 3.8) is 0 Å². The summed E-state index contributed by atoms with van der Waals surface area (Å²) in [5, 5.41) is 2.95. The molecule has 22 heavy (non-hydrogen) atoms. The minimum atomic E-state index is -0.453. The summed E-state index contributed by atoms with van der Waals surface area (Å²) >= 11 is 5.93. The third kappa shape index (κ3) is 4.18. The quantitative estimate of drug-likeness (QED) is 0.907. The topological polar surface area (TPSA) is 32.3 Å². The van der Waals surface area contributed by atoms with Gasteiger partial charge in [0.2, 0.25) is 0 Å². The van der Waals surface area contributed by atoms with Gasteiger partial charge >= 0.3 is 6.03 Å². The highest BCUT2D eigenvalue weighted by molar-refractivity contribution is 6.31. The zero-order chi connectivity index (χ0) is 16.1. The van der Waals surface area contributed by atoms with Crippen LogP contribution in [0.5, 0.6) is 0 Å². The molecule has 0 saturated carbocycles. The number of nitrogens with zero attached hydrogens (tertiary/aromatic N) is 1. The van der Waals surface area contributed by atoms with Crippen LogP contribution in [0.25, 0.3) is 0 Å². The summed E-state index contributed by atoms with van der Waals surface area (Å²) in [6.45, 7) is 0.315. The van der Waals surface area contributed by atoms with Gasteiger partial charge in [-0.25, -0.2) is 13.6 Å². The van der Waals surface area contributed by atoms with Crippen LogP contribution in [0.4, 0.5) is 13.6 Å². The van der Waals surface area contributed by atoms with E-state index in [2.05, 4.69) is 5.32 Å². The maximum Gasteiger partial charge on any atom is 0.317 e. The van der Waals surface area contributed by atoms with Crippen molar-refractivity contribution in [2.75, 3.05) is 7.05 Å². The van der Waals surface area contributed by atoms with E-state index in [1.807, 2.05) is 0 Å². The molecule has 2 rings (SSSR count). The number of hydrogen-bond acceptors (Lipinski definition) is 1. The first-order valence-corrected chi connectivity index (χ1v) is 7.01. The van der Waals surface area contributed by atoms with Crippen LogP contribution in [0.3, 0.4) is 0 Å². The molecule has 0 spiro atoms. The second-order valence-electron chi connectivity index (χ2n) is 4.84. The first-order chi connectivity index (χ1) is 10.5. The third-order valence-corrected chi connectivity index (χ3v) is 3.51. The van der Waals surface area contributed by atoms with Crippen molar-refractivity contribution < 1.29 is 13.6 Å². The van der Waals surface area contributed by atoms with Crippen LogP contribution in [-0.4, -0.2) is 18.0 Å². The van der Waals surface area contributed by atoms with Crippen LogP contribution < -0.4 is 5.32 Å². The molecule has 0 fully saturated rings. The maximum atomic E-state index is 13.7. The van der Waals surface area contributed by atoms with E-state index in [9.17, 15) is 13.6 Å². The van der Waals surface area contributed by atoms with E-state index < -0.39 is 5.82 Å². The molecule has 0 bridgehead atoms. The minimum Gasteiger partial charge on any atom is -0.334 e. The predicted octanol–water partition coefficient (Wildman–Crippen LogP) is 3.96. The summed E-state index contributed by atoms with van der Waals surface area (Å²) in [4.78, 5) is 13.3. The average molecular weight is 325 g/mol. The molecular formula is C16H15ClF2N2O. The first-order valence-electron chi connectivity index (χ1n) is 6.63. The van der Waals surface area contributed by atoms with Crippen LogP contribution in [0, 0.1) is 11.6 Å². The molecular weight excluding hydrogens is 310 g/mol. The molecule has 116 valence electrons. The molecule has 3 nitrogen and oxygen atoms in total. The Labute approximate surface area is 132 Å². The highest BCUT2D eigenvalue weighted by atomic mass is 35.5. The number of benzene rings is 2. The average Bonchev–Trinajstić information content (AvgIpc) is 2.50. The molecule has 2 amide bonds. The van der Waals surface area contributed by atoms with Gasteiger partial charge in [0.1, 0.15) is 11.6 Å². The van der Waals surface area contributed by atoms with Crippen LogP contribution in [0.2, 0.25) is 5.02 Å². The fraction of sp³-hybridized carbons (Fsp3) is 0.188. The molecule has 0 heterocycles. The van der Waals surface area contributed by atoms with Gasteiger partial charge in [-0.15, -0.1) is 0 Å². The van der Waals surface area contributed by atoms with E-state index in [0.717, 1.165) is 5.56 Å². The minimum absolute atomic E-state index is 0.0563. The van der Waals surface area contributed by atoms with Crippen molar-refractivity contribution in [2.45, 2.75) is 13.1 Å². The molecule has 0 saturated heterocycles. The Morgan fingerprint density at radius 1 is 1.18 bits per heavy atom. The van der Waals surface area contributed by atoms with Crippen molar-refractivity contribution in [3.05, 3.63) is 70.2 Å². The monoisotopic (exact) mass is 324 g/mol. The van der Waals surface area contributed by atoms with Crippen molar-refractivity contribution in [2.24, 2.45) is 0 Å².